The monoisotopic (exact) mass is 260 g/mol. The van der Waals surface area contributed by atoms with Gasteiger partial charge in [-0.3, -0.25) is 4.79 Å². The molecule has 1 aromatic rings. The van der Waals surface area contributed by atoms with Gasteiger partial charge in [-0.05, 0) is 62.3 Å². The first-order chi connectivity index (χ1) is 8.95. The molecule has 3 nitrogen and oxygen atoms in total. The van der Waals surface area contributed by atoms with E-state index < -0.39 is 0 Å². The number of aryl methyl sites for hydroxylation is 3. The fraction of sp³-hybridized carbons (Fsp3) is 0.562. The largest absolute Gasteiger partial charge is 0.353 e. The van der Waals surface area contributed by atoms with Gasteiger partial charge >= 0.3 is 0 Å². The zero-order chi connectivity index (χ0) is 14.0. The Balaban J connectivity index is 1.97. The van der Waals surface area contributed by atoms with Crippen LogP contribution in [-0.2, 0) is 11.2 Å². The quantitative estimate of drug-likeness (QED) is 0.875. The number of hydrogen-bond acceptors (Lipinski definition) is 2. The zero-order valence-corrected chi connectivity index (χ0v) is 12.1. The van der Waals surface area contributed by atoms with Crippen molar-refractivity contribution in [2.24, 2.45) is 5.73 Å². The van der Waals surface area contributed by atoms with Crippen LogP contribution in [0.3, 0.4) is 0 Å². The van der Waals surface area contributed by atoms with Crippen LogP contribution in [-0.4, -0.2) is 18.0 Å². The van der Waals surface area contributed by atoms with E-state index in [1.54, 1.807) is 0 Å². The molecule has 0 radical (unpaired) electrons. The second-order valence-electron chi connectivity index (χ2n) is 5.88. The highest BCUT2D eigenvalue weighted by molar-refractivity contribution is 5.79. The number of nitrogens with one attached hydrogen (secondary N) is 1. The Labute approximate surface area is 115 Å². The first-order valence-electron chi connectivity index (χ1n) is 7.07. The molecule has 0 saturated heterocycles. The van der Waals surface area contributed by atoms with Gasteiger partial charge in [0.05, 0.1) is 6.42 Å². The average Bonchev–Trinajstić information content (AvgIpc) is 2.71. The third-order valence-corrected chi connectivity index (χ3v) is 4.14. The first-order valence-corrected chi connectivity index (χ1v) is 7.07. The summed E-state index contributed by atoms with van der Waals surface area (Å²) in [5.41, 5.74) is 10.7. The smallest absolute Gasteiger partial charge is 0.224 e. The van der Waals surface area contributed by atoms with E-state index >= 15 is 0 Å². The zero-order valence-electron chi connectivity index (χ0n) is 12.1. The van der Waals surface area contributed by atoms with Crippen molar-refractivity contribution in [3.05, 3.63) is 34.4 Å². The number of hydrogen-bond donors (Lipinski definition) is 2. The van der Waals surface area contributed by atoms with E-state index in [-0.39, 0.29) is 18.0 Å². The summed E-state index contributed by atoms with van der Waals surface area (Å²) in [5.74, 6) is 0.116. The summed E-state index contributed by atoms with van der Waals surface area (Å²) in [6, 6.07) is 4.82. The van der Waals surface area contributed by atoms with E-state index in [0.29, 0.717) is 6.42 Å². The molecule has 1 aliphatic rings. The number of amides is 1. The third-order valence-electron chi connectivity index (χ3n) is 4.14. The molecule has 0 heterocycles. The third kappa shape index (κ3) is 3.57. The Bertz CT molecular complexity index is 482. The molecule has 0 aromatic heterocycles. The van der Waals surface area contributed by atoms with Gasteiger partial charge in [-0.1, -0.05) is 12.1 Å². The normalized spacial score (nSPS) is 22.5. The van der Waals surface area contributed by atoms with Crippen LogP contribution < -0.4 is 11.1 Å². The van der Waals surface area contributed by atoms with Crippen LogP contribution in [0.2, 0.25) is 0 Å². The van der Waals surface area contributed by atoms with Crippen molar-refractivity contribution in [1.82, 2.24) is 5.32 Å². The molecule has 1 fully saturated rings. The van der Waals surface area contributed by atoms with Crippen molar-refractivity contribution < 1.29 is 4.79 Å². The van der Waals surface area contributed by atoms with E-state index in [4.69, 9.17) is 5.73 Å². The minimum Gasteiger partial charge on any atom is -0.353 e. The van der Waals surface area contributed by atoms with Crippen molar-refractivity contribution >= 4 is 5.91 Å². The Morgan fingerprint density at radius 2 is 1.89 bits per heavy atom. The molecule has 2 unspecified atom stereocenters. The van der Waals surface area contributed by atoms with Gasteiger partial charge in [0.1, 0.15) is 0 Å². The van der Waals surface area contributed by atoms with E-state index in [1.165, 1.54) is 16.7 Å². The van der Waals surface area contributed by atoms with E-state index in [1.807, 2.05) is 0 Å². The van der Waals surface area contributed by atoms with Crippen LogP contribution in [0.5, 0.6) is 0 Å². The lowest BCUT2D eigenvalue weighted by molar-refractivity contribution is -0.121. The van der Waals surface area contributed by atoms with Crippen molar-refractivity contribution in [1.29, 1.82) is 0 Å². The lowest BCUT2D eigenvalue weighted by Gasteiger charge is -2.14. The summed E-state index contributed by atoms with van der Waals surface area (Å²) < 4.78 is 0. The Kier molecular flexibility index (Phi) is 4.25. The molecule has 0 spiro atoms. The van der Waals surface area contributed by atoms with Crippen molar-refractivity contribution in [3.63, 3.8) is 0 Å². The van der Waals surface area contributed by atoms with Crippen LogP contribution in [0, 0.1) is 20.8 Å². The average molecular weight is 260 g/mol. The second-order valence-corrected chi connectivity index (χ2v) is 5.88. The lowest BCUT2D eigenvalue weighted by atomic mass is 9.98. The van der Waals surface area contributed by atoms with Gasteiger partial charge in [0, 0.05) is 12.1 Å². The standard InChI is InChI=1S/C16H24N2O/c1-10-6-12(3)13(7-11(10)2)8-16(19)18-15-5-4-14(17)9-15/h6-7,14-15H,4-5,8-9,17H2,1-3H3,(H,18,19). The molecule has 3 N–H and O–H groups in total. The van der Waals surface area contributed by atoms with E-state index in [0.717, 1.165) is 24.8 Å². The summed E-state index contributed by atoms with van der Waals surface area (Å²) in [5, 5.41) is 3.10. The van der Waals surface area contributed by atoms with Crippen molar-refractivity contribution in [2.75, 3.05) is 0 Å². The van der Waals surface area contributed by atoms with E-state index in [2.05, 4.69) is 38.2 Å². The molecule has 1 saturated carbocycles. The number of carbonyl (C=O) groups excluding carboxylic acids is 1. The fourth-order valence-corrected chi connectivity index (χ4v) is 2.81. The second kappa shape index (κ2) is 5.74. The first kappa shape index (κ1) is 14.1. The summed E-state index contributed by atoms with van der Waals surface area (Å²) in [6.07, 6.45) is 3.42. The maximum atomic E-state index is 12.1. The summed E-state index contributed by atoms with van der Waals surface area (Å²) >= 11 is 0. The number of benzene rings is 1. The van der Waals surface area contributed by atoms with Crippen molar-refractivity contribution in [2.45, 2.75) is 58.5 Å². The van der Waals surface area contributed by atoms with Gasteiger partial charge in [0.25, 0.3) is 0 Å². The molecule has 104 valence electrons. The number of carbonyl (C=O) groups is 1. The molecule has 1 aliphatic carbocycles. The lowest BCUT2D eigenvalue weighted by Crippen LogP contribution is -2.35. The van der Waals surface area contributed by atoms with Gasteiger partial charge in [-0.25, -0.2) is 0 Å². The van der Waals surface area contributed by atoms with Gasteiger partial charge in [0.15, 0.2) is 0 Å². The minimum atomic E-state index is 0.116. The van der Waals surface area contributed by atoms with Crippen LogP contribution in [0.25, 0.3) is 0 Å². The maximum Gasteiger partial charge on any atom is 0.224 e. The number of nitrogens with two attached hydrogens (primary N) is 1. The van der Waals surface area contributed by atoms with Crippen LogP contribution in [0.4, 0.5) is 0 Å². The highest BCUT2D eigenvalue weighted by Gasteiger charge is 2.23. The predicted molar refractivity (Wildman–Crippen MR) is 78.1 cm³/mol. The highest BCUT2D eigenvalue weighted by atomic mass is 16.1. The predicted octanol–water partition coefficient (Wildman–Crippen LogP) is 2.15. The Hall–Kier alpha value is -1.35. The van der Waals surface area contributed by atoms with Crippen LogP contribution in [0.15, 0.2) is 12.1 Å². The molecule has 3 heteroatoms. The molecule has 0 bridgehead atoms. The fourth-order valence-electron chi connectivity index (χ4n) is 2.81. The maximum absolute atomic E-state index is 12.1. The minimum absolute atomic E-state index is 0.116. The SMILES string of the molecule is Cc1cc(C)c(CC(=O)NC2CCC(N)C2)cc1C. The molecule has 2 atom stereocenters. The molecule has 1 amide bonds. The van der Waals surface area contributed by atoms with Crippen LogP contribution in [0.1, 0.15) is 41.5 Å². The topological polar surface area (TPSA) is 55.1 Å². The number of rotatable bonds is 3. The van der Waals surface area contributed by atoms with Gasteiger partial charge in [0.2, 0.25) is 5.91 Å². The van der Waals surface area contributed by atoms with E-state index in [9.17, 15) is 4.79 Å². The molecule has 19 heavy (non-hydrogen) atoms. The van der Waals surface area contributed by atoms with Crippen molar-refractivity contribution in [3.8, 4) is 0 Å². The van der Waals surface area contributed by atoms with Gasteiger partial charge in [-0.2, -0.15) is 0 Å². The molecule has 1 aromatic carbocycles. The highest BCUT2D eigenvalue weighted by Crippen LogP contribution is 2.18. The Morgan fingerprint density at radius 1 is 1.21 bits per heavy atom. The molecular weight excluding hydrogens is 236 g/mol. The summed E-state index contributed by atoms with van der Waals surface area (Å²) in [6.45, 7) is 6.26. The summed E-state index contributed by atoms with van der Waals surface area (Å²) in [4.78, 5) is 12.1. The Morgan fingerprint density at radius 3 is 2.53 bits per heavy atom. The van der Waals surface area contributed by atoms with Gasteiger partial charge < -0.3 is 11.1 Å². The molecule has 0 aliphatic heterocycles. The summed E-state index contributed by atoms with van der Waals surface area (Å²) in [7, 11) is 0. The molecular formula is C16H24N2O. The van der Waals surface area contributed by atoms with Crippen LogP contribution >= 0.6 is 0 Å². The van der Waals surface area contributed by atoms with Gasteiger partial charge in [-0.15, -0.1) is 0 Å². The molecule has 2 rings (SSSR count).